The van der Waals surface area contributed by atoms with Crippen LogP contribution in [0.1, 0.15) is 13.3 Å². The van der Waals surface area contributed by atoms with Crippen molar-refractivity contribution in [2.24, 2.45) is 5.92 Å². The molecule has 0 unspecified atom stereocenters. The van der Waals surface area contributed by atoms with Crippen LogP contribution in [-0.2, 0) is 14.3 Å². The number of allylic oxidation sites excluding steroid dienone is 1. The van der Waals surface area contributed by atoms with Gasteiger partial charge in [0.15, 0.2) is 6.10 Å². The lowest BCUT2D eigenvalue weighted by molar-refractivity contribution is -0.146. The van der Waals surface area contributed by atoms with Gasteiger partial charge in [0.1, 0.15) is 0 Å². The van der Waals surface area contributed by atoms with E-state index in [1.807, 2.05) is 6.92 Å². The molecule has 0 saturated carbocycles. The van der Waals surface area contributed by atoms with Crippen molar-refractivity contribution in [1.29, 1.82) is 0 Å². The number of rotatable bonds is 3. The minimum absolute atomic E-state index is 0.153. The first kappa shape index (κ1) is 9.26. The van der Waals surface area contributed by atoms with Crippen LogP contribution in [0.2, 0.25) is 0 Å². The molecule has 0 aliphatic carbocycles. The number of methoxy groups -OCH3 is 1. The Kier molecular flexibility index (Phi) is 2.87. The maximum Gasteiger partial charge on any atom is 0.335 e. The zero-order valence-electron chi connectivity index (χ0n) is 7.50. The molecule has 1 saturated heterocycles. The van der Waals surface area contributed by atoms with Crippen molar-refractivity contribution >= 4 is 5.97 Å². The highest BCUT2D eigenvalue weighted by atomic mass is 16.6. The quantitative estimate of drug-likeness (QED) is 0.470. The van der Waals surface area contributed by atoms with E-state index in [2.05, 4.69) is 6.58 Å². The molecule has 0 N–H and O–H groups in total. The molecule has 1 heterocycles. The normalized spacial score (nSPS) is 28.7. The number of ether oxygens (including phenoxy) is 2. The summed E-state index contributed by atoms with van der Waals surface area (Å²) in [6, 6.07) is 0. The lowest BCUT2D eigenvalue weighted by Gasteiger charge is -2.12. The van der Waals surface area contributed by atoms with Gasteiger partial charge in [-0.3, -0.25) is 0 Å². The van der Waals surface area contributed by atoms with E-state index >= 15 is 0 Å². The minimum atomic E-state index is -0.387. The average molecular weight is 170 g/mol. The Morgan fingerprint density at radius 3 is 3.00 bits per heavy atom. The molecule has 1 rings (SSSR count). The standard InChI is InChI=1S/C9H14O3/c1-6(2)4-7-5-12-9(10)8(7)11-3/h7-8H,1,4-5H2,2-3H3/t7-,8+/m0/s1. The van der Waals surface area contributed by atoms with Gasteiger partial charge in [-0.1, -0.05) is 5.57 Å². The van der Waals surface area contributed by atoms with Crippen LogP contribution in [-0.4, -0.2) is 25.8 Å². The largest absolute Gasteiger partial charge is 0.463 e. The first-order chi connectivity index (χ1) is 5.65. The molecule has 3 heteroatoms. The molecule has 12 heavy (non-hydrogen) atoms. The van der Waals surface area contributed by atoms with Gasteiger partial charge in [-0.05, 0) is 13.3 Å². The Morgan fingerprint density at radius 1 is 1.83 bits per heavy atom. The van der Waals surface area contributed by atoms with Gasteiger partial charge in [-0.25, -0.2) is 4.79 Å². The summed E-state index contributed by atoms with van der Waals surface area (Å²) < 4.78 is 9.89. The molecule has 0 bridgehead atoms. The third-order valence-electron chi connectivity index (χ3n) is 1.96. The van der Waals surface area contributed by atoms with Crippen LogP contribution in [0, 0.1) is 5.92 Å². The number of hydrogen-bond donors (Lipinski definition) is 0. The monoisotopic (exact) mass is 170 g/mol. The Labute approximate surface area is 72.4 Å². The van der Waals surface area contributed by atoms with Crippen molar-refractivity contribution in [2.45, 2.75) is 19.4 Å². The molecule has 0 radical (unpaired) electrons. The van der Waals surface area contributed by atoms with Crippen LogP contribution < -0.4 is 0 Å². The summed E-state index contributed by atoms with van der Waals surface area (Å²) in [5, 5.41) is 0. The fourth-order valence-corrected chi connectivity index (χ4v) is 1.45. The van der Waals surface area contributed by atoms with E-state index in [1.54, 1.807) is 0 Å². The molecule has 0 spiro atoms. The number of hydrogen-bond acceptors (Lipinski definition) is 3. The second kappa shape index (κ2) is 3.72. The Balaban J connectivity index is 2.54. The zero-order chi connectivity index (χ0) is 9.14. The summed E-state index contributed by atoms with van der Waals surface area (Å²) in [6.07, 6.45) is 0.409. The summed E-state index contributed by atoms with van der Waals surface area (Å²) >= 11 is 0. The van der Waals surface area contributed by atoms with Gasteiger partial charge in [0.05, 0.1) is 6.61 Å². The van der Waals surface area contributed by atoms with Crippen LogP contribution in [0.25, 0.3) is 0 Å². The molecule has 3 nitrogen and oxygen atoms in total. The van der Waals surface area contributed by atoms with E-state index in [4.69, 9.17) is 9.47 Å². The zero-order valence-corrected chi connectivity index (χ0v) is 7.50. The Hall–Kier alpha value is -0.830. The molecule has 1 aliphatic rings. The Morgan fingerprint density at radius 2 is 2.50 bits per heavy atom. The van der Waals surface area contributed by atoms with Crippen LogP contribution >= 0.6 is 0 Å². The number of carbonyl (C=O) groups excluding carboxylic acids is 1. The Bertz CT molecular complexity index is 198. The van der Waals surface area contributed by atoms with E-state index in [-0.39, 0.29) is 18.0 Å². The van der Waals surface area contributed by atoms with Gasteiger partial charge >= 0.3 is 5.97 Å². The van der Waals surface area contributed by atoms with E-state index in [0.717, 1.165) is 12.0 Å². The third-order valence-corrected chi connectivity index (χ3v) is 1.96. The fourth-order valence-electron chi connectivity index (χ4n) is 1.45. The van der Waals surface area contributed by atoms with E-state index in [1.165, 1.54) is 7.11 Å². The highest BCUT2D eigenvalue weighted by Gasteiger charge is 2.36. The second-order valence-electron chi connectivity index (χ2n) is 3.21. The van der Waals surface area contributed by atoms with Crippen molar-refractivity contribution in [1.82, 2.24) is 0 Å². The summed E-state index contributed by atoms with van der Waals surface area (Å²) in [6.45, 7) is 6.19. The van der Waals surface area contributed by atoms with Gasteiger partial charge in [0.2, 0.25) is 0 Å². The molecule has 1 aliphatic heterocycles. The van der Waals surface area contributed by atoms with E-state index < -0.39 is 0 Å². The summed E-state index contributed by atoms with van der Waals surface area (Å²) in [4.78, 5) is 11.0. The fraction of sp³-hybridized carbons (Fsp3) is 0.667. The SMILES string of the molecule is C=C(C)C[C@H]1COC(=O)[C@@H]1OC. The van der Waals surface area contributed by atoms with E-state index in [9.17, 15) is 4.79 Å². The molecule has 0 aromatic rings. The number of cyclic esters (lactones) is 1. The molecule has 68 valence electrons. The van der Waals surface area contributed by atoms with Gasteiger partial charge < -0.3 is 9.47 Å². The summed E-state index contributed by atoms with van der Waals surface area (Å²) in [5.41, 5.74) is 1.06. The predicted octanol–water partition coefficient (Wildman–Crippen LogP) is 1.14. The highest BCUT2D eigenvalue weighted by molar-refractivity contribution is 5.77. The van der Waals surface area contributed by atoms with Crippen molar-refractivity contribution in [3.63, 3.8) is 0 Å². The summed E-state index contributed by atoms with van der Waals surface area (Å²) in [5.74, 6) is -0.0937. The number of esters is 1. The molecule has 0 aromatic heterocycles. The predicted molar refractivity (Wildman–Crippen MR) is 44.7 cm³/mol. The minimum Gasteiger partial charge on any atom is -0.463 e. The van der Waals surface area contributed by atoms with Crippen molar-refractivity contribution in [2.75, 3.05) is 13.7 Å². The highest BCUT2D eigenvalue weighted by Crippen LogP contribution is 2.23. The lowest BCUT2D eigenvalue weighted by atomic mass is 9.98. The van der Waals surface area contributed by atoms with Gasteiger partial charge in [0.25, 0.3) is 0 Å². The second-order valence-corrected chi connectivity index (χ2v) is 3.21. The topological polar surface area (TPSA) is 35.5 Å². The smallest absolute Gasteiger partial charge is 0.335 e. The van der Waals surface area contributed by atoms with Crippen molar-refractivity contribution < 1.29 is 14.3 Å². The van der Waals surface area contributed by atoms with E-state index in [0.29, 0.717) is 6.61 Å². The summed E-state index contributed by atoms with van der Waals surface area (Å²) in [7, 11) is 1.53. The molecule has 2 atom stereocenters. The first-order valence-electron chi connectivity index (χ1n) is 3.99. The van der Waals surface area contributed by atoms with Gasteiger partial charge in [-0.2, -0.15) is 0 Å². The van der Waals surface area contributed by atoms with Crippen LogP contribution in [0.4, 0.5) is 0 Å². The molecule has 0 aromatic carbocycles. The van der Waals surface area contributed by atoms with Crippen molar-refractivity contribution in [3.8, 4) is 0 Å². The molecule has 1 fully saturated rings. The average Bonchev–Trinajstić information content (AvgIpc) is 2.30. The van der Waals surface area contributed by atoms with Gasteiger partial charge in [-0.15, -0.1) is 6.58 Å². The van der Waals surface area contributed by atoms with Crippen LogP contribution in [0.5, 0.6) is 0 Å². The molecular formula is C9H14O3. The van der Waals surface area contributed by atoms with Gasteiger partial charge in [0, 0.05) is 13.0 Å². The molecular weight excluding hydrogens is 156 g/mol. The lowest BCUT2D eigenvalue weighted by Crippen LogP contribution is -2.24. The maximum absolute atomic E-state index is 11.0. The first-order valence-corrected chi connectivity index (χ1v) is 3.99. The third kappa shape index (κ3) is 1.85. The number of carbonyl (C=O) groups is 1. The molecule has 0 amide bonds. The van der Waals surface area contributed by atoms with Crippen molar-refractivity contribution in [3.05, 3.63) is 12.2 Å². The maximum atomic E-state index is 11.0. The van der Waals surface area contributed by atoms with Crippen LogP contribution in [0.15, 0.2) is 12.2 Å². The van der Waals surface area contributed by atoms with Crippen LogP contribution in [0.3, 0.4) is 0 Å².